The fourth-order valence-electron chi connectivity index (χ4n) is 1.83. The lowest BCUT2D eigenvalue weighted by Crippen LogP contribution is -2.13. The van der Waals surface area contributed by atoms with E-state index >= 15 is 0 Å². The summed E-state index contributed by atoms with van der Waals surface area (Å²) in [6.07, 6.45) is 1.91. The Labute approximate surface area is 118 Å². The number of nitrogens with zero attached hydrogens (tertiary/aromatic N) is 2. The Kier molecular flexibility index (Phi) is 4.56. The summed E-state index contributed by atoms with van der Waals surface area (Å²) in [7, 11) is 1.94. The summed E-state index contributed by atoms with van der Waals surface area (Å²) >= 11 is 1.65. The van der Waals surface area contributed by atoms with Crippen molar-refractivity contribution >= 4 is 11.8 Å². The van der Waals surface area contributed by atoms with Gasteiger partial charge in [-0.25, -0.2) is 4.98 Å². The number of rotatable bonds is 4. The second-order valence-corrected chi connectivity index (χ2v) is 5.75. The van der Waals surface area contributed by atoms with E-state index in [-0.39, 0.29) is 6.04 Å². The first-order valence-corrected chi connectivity index (χ1v) is 7.16. The first kappa shape index (κ1) is 14.0. The largest absolute Gasteiger partial charge is 0.312 e. The Morgan fingerprint density at radius 2 is 2.00 bits per heavy atom. The average Bonchev–Trinajstić information content (AvgIpc) is 2.37. The van der Waals surface area contributed by atoms with Crippen LogP contribution in [0.1, 0.15) is 29.9 Å². The zero-order chi connectivity index (χ0) is 13.8. The van der Waals surface area contributed by atoms with Crippen molar-refractivity contribution in [3.63, 3.8) is 0 Å². The van der Waals surface area contributed by atoms with Crippen molar-refractivity contribution in [2.45, 2.75) is 36.7 Å². The number of aromatic nitrogens is 2. The van der Waals surface area contributed by atoms with Crippen molar-refractivity contribution in [1.82, 2.24) is 15.3 Å². The van der Waals surface area contributed by atoms with Crippen LogP contribution in [0, 0.1) is 13.8 Å². The van der Waals surface area contributed by atoms with E-state index in [4.69, 9.17) is 0 Å². The van der Waals surface area contributed by atoms with Crippen molar-refractivity contribution < 1.29 is 0 Å². The van der Waals surface area contributed by atoms with Crippen LogP contribution in [0.4, 0.5) is 0 Å². The monoisotopic (exact) mass is 273 g/mol. The molecule has 3 nitrogen and oxygen atoms in total. The van der Waals surface area contributed by atoms with Gasteiger partial charge in [0.05, 0.1) is 5.69 Å². The molecule has 1 unspecified atom stereocenters. The minimum absolute atomic E-state index is 0.276. The molecule has 100 valence electrons. The van der Waals surface area contributed by atoms with E-state index in [1.54, 1.807) is 11.8 Å². The molecule has 0 radical (unpaired) electrons. The summed E-state index contributed by atoms with van der Waals surface area (Å²) in [5.74, 6) is 0. The Balaban J connectivity index is 2.15. The van der Waals surface area contributed by atoms with Gasteiger partial charge < -0.3 is 5.32 Å². The molecule has 0 saturated carbocycles. The maximum absolute atomic E-state index is 4.53. The molecule has 0 aliphatic heterocycles. The molecular weight excluding hydrogens is 254 g/mol. The summed E-state index contributed by atoms with van der Waals surface area (Å²) in [5, 5.41) is 4.21. The van der Waals surface area contributed by atoms with Gasteiger partial charge in [-0.3, -0.25) is 4.98 Å². The molecule has 4 heteroatoms. The zero-order valence-corrected chi connectivity index (χ0v) is 12.6. The van der Waals surface area contributed by atoms with Gasteiger partial charge in [0.25, 0.3) is 0 Å². The maximum atomic E-state index is 4.53. The van der Waals surface area contributed by atoms with Crippen LogP contribution >= 0.6 is 11.8 Å². The summed E-state index contributed by atoms with van der Waals surface area (Å²) in [6, 6.07) is 8.62. The molecule has 1 N–H and O–H groups in total. The Morgan fingerprint density at radius 3 is 2.58 bits per heavy atom. The van der Waals surface area contributed by atoms with Crippen molar-refractivity contribution in [3.05, 3.63) is 47.4 Å². The van der Waals surface area contributed by atoms with Gasteiger partial charge in [0, 0.05) is 22.8 Å². The lowest BCUT2D eigenvalue weighted by Gasteiger charge is -2.09. The Morgan fingerprint density at radius 1 is 1.21 bits per heavy atom. The lowest BCUT2D eigenvalue weighted by molar-refractivity contribution is 0.631. The van der Waals surface area contributed by atoms with E-state index in [0.717, 1.165) is 21.3 Å². The standard InChI is InChI=1S/C15H19N3S/c1-10-7-11(2)18-15(8-10)19-13-5-6-14(17-9-13)12(3)16-4/h5-9,12,16H,1-4H3. The van der Waals surface area contributed by atoms with Gasteiger partial charge in [0.1, 0.15) is 5.03 Å². The van der Waals surface area contributed by atoms with Crippen LogP contribution < -0.4 is 5.32 Å². The van der Waals surface area contributed by atoms with Crippen molar-refractivity contribution in [2.24, 2.45) is 0 Å². The van der Waals surface area contributed by atoms with Crippen LogP contribution in [-0.4, -0.2) is 17.0 Å². The number of pyridine rings is 2. The summed E-state index contributed by atoms with van der Waals surface area (Å²) in [4.78, 5) is 10.1. The smallest absolute Gasteiger partial charge is 0.101 e. The molecule has 2 aromatic heterocycles. The summed E-state index contributed by atoms with van der Waals surface area (Å²) in [5.41, 5.74) is 3.35. The summed E-state index contributed by atoms with van der Waals surface area (Å²) < 4.78 is 0. The van der Waals surface area contributed by atoms with Crippen LogP contribution in [0.2, 0.25) is 0 Å². The van der Waals surface area contributed by atoms with Gasteiger partial charge in [-0.2, -0.15) is 0 Å². The maximum Gasteiger partial charge on any atom is 0.101 e. The van der Waals surface area contributed by atoms with E-state index < -0.39 is 0 Å². The fraction of sp³-hybridized carbons (Fsp3) is 0.333. The molecule has 19 heavy (non-hydrogen) atoms. The molecule has 2 heterocycles. The molecule has 0 aliphatic rings. The Bertz CT molecular complexity index is 532. The quantitative estimate of drug-likeness (QED) is 0.925. The highest BCUT2D eigenvalue weighted by Crippen LogP contribution is 2.27. The van der Waals surface area contributed by atoms with E-state index in [0.29, 0.717) is 0 Å². The first-order chi connectivity index (χ1) is 9.08. The lowest BCUT2D eigenvalue weighted by atomic mass is 10.2. The molecular formula is C15H19N3S. The first-order valence-electron chi connectivity index (χ1n) is 6.35. The highest BCUT2D eigenvalue weighted by atomic mass is 32.2. The van der Waals surface area contributed by atoms with Gasteiger partial charge >= 0.3 is 0 Å². The predicted molar refractivity (Wildman–Crippen MR) is 79.5 cm³/mol. The van der Waals surface area contributed by atoms with Crippen molar-refractivity contribution in [2.75, 3.05) is 7.05 Å². The molecule has 0 aliphatic carbocycles. The SMILES string of the molecule is CNC(C)c1ccc(Sc2cc(C)cc(C)n2)cn1. The number of hydrogen-bond donors (Lipinski definition) is 1. The topological polar surface area (TPSA) is 37.8 Å². The van der Waals surface area contributed by atoms with Gasteiger partial charge in [-0.15, -0.1) is 0 Å². The molecule has 2 rings (SSSR count). The molecule has 0 saturated heterocycles. The van der Waals surface area contributed by atoms with Gasteiger partial charge in [-0.05, 0) is 57.6 Å². The van der Waals surface area contributed by atoms with Crippen LogP contribution in [0.5, 0.6) is 0 Å². The van der Waals surface area contributed by atoms with Crippen LogP contribution in [0.15, 0.2) is 40.4 Å². The zero-order valence-electron chi connectivity index (χ0n) is 11.8. The van der Waals surface area contributed by atoms with Gasteiger partial charge in [0.2, 0.25) is 0 Å². The highest BCUT2D eigenvalue weighted by molar-refractivity contribution is 7.99. The highest BCUT2D eigenvalue weighted by Gasteiger charge is 2.05. The van der Waals surface area contributed by atoms with E-state index in [2.05, 4.69) is 53.4 Å². The third-order valence-corrected chi connectivity index (χ3v) is 3.83. The van der Waals surface area contributed by atoms with Gasteiger partial charge in [0.15, 0.2) is 0 Å². The normalized spacial score (nSPS) is 12.4. The van der Waals surface area contributed by atoms with Crippen LogP contribution in [0.25, 0.3) is 0 Å². The van der Waals surface area contributed by atoms with E-state index in [9.17, 15) is 0 Å². The average molecular weight is 273 g/mol. The molecule has 0 fully saturated rings. The van der Waals surface area contributed by atoms with Crippen LogP contribution in [-0.2, 0) is 0 Å². The number of hydrogen-bond acceptors (Lipinski definition) is 4. The predicted octanol–water partition coefficient (Wildman–Crippen LogP) is 3.53. The second kappa shape index (κ2) is 6.17. The summed E-state index contributed by atoms with van der Waals surface area (Å²) in [6.45, 7) is 6.21. The minimum atomic E-state index is 0.276. The second-order valence-electron chi connectivity index (χ2n) is 4.66. The number of nitrogens with one attached hydrogen (secondary N) is 1. The third kappa shape index (κ3) is 3.78. The van der Waals surface area contributed by atoms with Crippen molar-refractivity contribution in [3.8, 4) is 0 Å². The minimum Gasteiger partial charge on any atom is -0.312 e. The van der Waals surface area contributed by atoms with Gasteiger partial charge in [-0.1, -0.05) is 11.8 Å². The molecule has 2 aromatic rings. The molecule has 0 spiro atoms. The fourth-order valence-corrected chi connectivity index (χ4v) is 2.75. The molecule has 0 amide bonds. The molecule has 0 aromatic carbocycles. The number of aryl methyl sites for hydroxylation is 2. The van der Waals surface area contributed by atoms with E-state index in [1.165, 1.54) is 5.56 Å². The van der Waals surface area contributed by atoms with E-state index in [1.807, 2.05) is 20.2 Å². The Hall–Kier alpha value is -1.39. The van der Waals surface area contributed by atoms with Crippen molar-refractivity contribution in [1.29, 1.82) is 0 Å². The molecule has 0 bridgehead atoms. The third-order valence-electron chi connectivity index (χ3n) is 2.93. The molecule has 1 atom stereocenters. The van der Waals surface area contributed by atoms with Crippen LogP contribution in [0.3, 0.4) is 0 Å².